The van der Waals surface area contributed by atoms with Crippen molar-refractivity contribution in [2.24, 2.45) is 0 Å². The molecule has 4 nitrogen and oxygen atoms in total. The van der Waals surface area contributed by atoms with E-state index in [4.69, 9.17) is 0 Å². The second-order valence-corrected chi connectivity index (χ2v) is 5.57. The molecule has 100 valence electrons. The molecule has 0 aromatic carbocycles. The van der Waals surface area contributed by atoms with Crippen molar-refractivity contribution in [2.75, 3.05) is 10.6 Å². The van der Waals surface area contributed by atoms with Crippen molar-refractivity contribution in [1.29, 1.82) is 0 Å². The Bertz CT molecular complexity index is 520. The van der Waals surface area contributed by atoms with E-state index in [1.54, 1.807) is 17.5 Å². The van der Waals surface area contributed by atoms with Crippen LogP contribution >= 0.6 is 11.3 Å². The summed E-state index contributed by atoms with van der Waals surface area (Å²) in [7, 11) is 0. The molecule has 0 fully saturated rings. The van der Waals surface area contributed by atoms with Gasteiger partial charge >= 0.3 is 0 Å². The summed E-state index contributed by atoms with van der Waals surface area (Å²) in [5, 5.41) is 8.01. The monoisotopic (exact) mass is 275 g/mol. The van der Waals surface area contributed by atoms with Crippen LogP contribution in [0.15, 0.2) is 35.8 Å². The highest BCUT2D eigenvalue weighted by Crippen LogP contribution is 2.13. The molecule has 0 saturated carbocycles. The normalized spacial score (nSPS) is 10.5. The zero-order valence-electron chi connectivity index (χ0n) is 11.0. The molecule has 0 aliphatic carbocycles. The van der Waals surface area contributed by atoms with Gasteiger partial charge in [-0.05, 0) is 37.4 Å². The molecular formula is C14H17N3OS. The van der Waals surface area contributed by atoms with Crippen molar-refractivity contribution < 1.29 is 4.79 Å². The van der Waals surface area contributed by atoms with Gasteiger partial charge in [0.25, 0.3) is 0 Å². The Hall–Kier alpha value is -1.88. The molecule has 0 spiro atoms. The molecule has 19 heavy (non-hydrogen) atoms. The molecular weight excluding hydrogens is 258 g/mol. The molecule has 2 aromatic heterocycles. The number of hydrogen-bond donors (Lipinski definition) is 2. The standard InChI is InChI=1S/C14H17N3OS/c1-10(2)16-13-6-5-11(9-15-13)17-14(18)8-12-4-3-7-19-12/h3-7,9-10H,8H2,1-2H3,(H,15,16)(H,17,18). The highest BCUT2D eigenvalue weighted by atomic mass is 32.1. The minimum Gasteiger partial charge on any atom is -0.368 e. The van der Waals surface area contributed by atoms with Gasteiger partial charge in [-0.1, -0.05) is 6.07 Å². The quantitative estimate of drug-likeness (QED) is 0.881. The maximum absolute atomic E-state index is 11.8. The lowest BCUT2D eigenvalue weighted by atomic mass is 10.3. The fourth-order valence-electron chi connectivity index (χ4n) is 1.63. The Morgan fingerprint density at radius 1 is 1.37 bits per heavy atom. The first-order chi connectivity index (χ1) is 9.13. The number of nitrogens with one attached hydrogen (secondary N) is 2. The summed E-state index contributed by atoms with van der Waals surface area (Å²) in [4.78, 5) is 17.1. The van der Waals surface area contributed by atoms with E-state index in [1.165, 1.54) is 0 Å². The SMILES string of the molecule is CC(C)Nc1ccc(NC(=O)Cc2cccs2)cn1. The predicted molar refractivity (Wildman–Crippen MR) is 79.6 cm³/mol. The van der Waals surface area contributed by atoms with Crippen LogP contribution < -0.4 is 10.6 Å². The van der Waals surface area contributed by atoms with Gasteiger partial charge in [-0.15, -0.1) is 11.3 Å². The first-order valence-electron chi connectivity index (χ1n) is 6.18. The van der Waals surface area contributed by atoms with Crippen molar-refractivity contribution in [3.63, 3.8) is 0 Å². The van der Waals surface area contributed by atoms with E-state index in [-0.39, 0.29) is 5.91 Å². The number of hydrogen-bond acceptors (Lipinski definition) is 4. The largest absolute Gasteiger partial charge is 0.368 e. The van der Waals surface area contributed by atoms with E-state index in [1.807, 2.05) is 29.6 Å². The summed E-state index contributed by atoms with van der Waals surface area (Å²) in [6, 6.07) is 7.95. The van der Waals surface area contributed by atoms with Crippen LogP contribution in [0.25, 0.3) is 0 Å². The lowest BCUT2D eigenvalue weighted by Gasteiger charge is -2.09. The van der Waals surface area contributed by atoms with Gasteiger partial charge in [0.15, 0.2) is 0 Å². The summed E-state index contributed by atoms with van der Waals surface area (Å²) in [5.74, 6) is 0.792. The molecule has 0 aliphatic rings. The number of carbonyl (C=O) groups excluding carboxylic acids is 1. The number of pyridine rings is 1. The topological polar surface area (TPSA) is 54.0 Å². The lowest BCUT2D eigenvalue weighted by Crippen LogP contribution is -2.14. The van der Waals surface area contributed by atoms with Gasteiger partial charge in [0.1, 0.15) is 5.82 Å². The summed E-state index contributed by atoms with van der Waals surface area (Å²) in [5.41, 5.74) is 0.718. The summed E-state index contributed by atoms with van der Waals surface area (Å²) in [6.07, 6.45) is 2.07. The zero-order valence-corrected chi connectivity index (χ0v) is 11.8. The number of thiophene rings is 1. The fraction of sp³-hybridized carbons (Fsp3) is 0.286. The summed E-state index contributed by atoms with van der Waals surface area (Å²) in [6.45, 7) is 4.11. The fourth-order valence-corrected chi connectivity index (χ4v) is 2.33. The highest BCUT2D eigenvalue weighted by molar-refractivity contribution is 7.10. The minimum atomic E-state index is -0.0196. The lowest BCUT2D eigenvalue weighted by molar-refractivity contribution is -0.115. The smallest absolute Gasteiger partial charge is 0.229 e. The molecule has 2 rings (SSSR count). The second kappa shape index (κ2) is 6.33. The van der Waals surface area contributed by atoms with E-state index in [9.17, 15) is 4.79 Å². The Balaban J connectivity index is 1.90. The molecule has 0 bridgehead atoms. The Morgan fingerprint density at radius 2 is 2.21 bits per heavy atom. The van der Waals surface area contributed by atoms with Gasteiger partial charge in [0, 0.05) is 10.9 Å². The van der Waals surface area contributed by atoms with Gasteiger partial charge in [0.2, 0.25) is 5.91 Å². The molecule has 0 unspecified atom stereocenters. The van der Waals surface area contributed by atoms with E-state index < -0.39 is 0 Å². The van der Waals surface area contributed by atoms with Crippen LogP contribution in [-0.2, 0) is 11.2 Å². The number of nitrogens with zero attached hydrogens (tertiary/aromatic N) is 1. The average Bonchev–Trinajstić information content (AvgIpc) is 2.83. The molecule has 0 atom stereocenters. The third kappa shape index (κ3) is 4.37. The Morgan fingerprint density at radius 3 is 2.79 bits per heavy atom. The van der Waals surface area contributed by atoms with Gasteiger partial charge in [-0.25, -0.2) is 4.98 Å². The third-order valence-corrected chi connectivity index (χ3v) is 3.28. The molecule has 0 saturated heterocycles. The van der Waals surface area contributed by atoms with Crippen LogP contribution in [0.4, 0.5) is 11.5 Å². The van der Waals surface area contributed by atoms with Gasteiger partial charge in [-0.3, -0.25) is 4.79 Å². The molecule has 0 radical (unpaired) electrons. The van der Waals surface area contributed by atoms with E-state index >= 15 is 0 Å². The number of amides is 1. The molecule has 1 amide bonds. The summed E-state index contributed by atoms with van der Waals surface area (Å²) >= 11 is 1.58. The molecule has 2 heterocycles. The molecule has 2 N–H and O–H groups in total. The number of aromatic nitrogens is 1. The molecule has 2 aromatic rings. The first kappa shape index (κ1) is 13.5. The summed E-state index contributed by atoms with van der Waals surface area (Å²) < 4.78 is 0. The van der Waals surface area contributed by atoms with Crippen molar-refractivity contribution >= 4 is 28.7 Å². The van der Waals surface area contributed by atoms with E-state index in [2.05, 4.69) is 29.5 Å². The number of anilines is 2. The third-order valence-electron chi connectivity index (χ3n) is 2.40. The first-order valence-corrected chi connectivity index (χ1v) is 7.06. The van der Waals surface area contributed by atoms with Crippen molar-refractivity contribution in [1.82, 2.24) is 4.98 Å². The molecule has 0 aliphatic heterocycles. The van der Waals surface area contributed by atoms with Crippen LogP contribution in [0.5, 0.6) is 0 Å². The van der Waals surface area contributed by atoms with Gasteiger partial charge < -0.3 is 10.6 Å². The number of rotatable bonds is 5. The second-order valence-electron chi connectivity index (χ2n) is 4.54. The van der Waals surface area contributed by atoms with Crippen molar-refractivity contribution in [3.8, 4) is 0 Å². The minimum absolute atomic E-state index is 0.0196. The van der Waals surface area contributed by atoms with Crippen molar-refractivity contribution in [2.45, 2.75) is 26.3 Å². The van der Waals surface area contributed by atoms with Crippen LogP contribution in [0, 0.1) is 0 Å². The Labute approximate surface area is 116 Å². The van der Waals surface area contributed by atoms with Crippen LogP contribution in [0.3, 0.4) is 0 Å². The molecule has 5 heteroatoms. The maximum Gasteiger partial charge on any atom is 0.229 e. The predicted octanol–water partition coefficient (Wildman–Crippen LogP) is 3.14. The van der Waals surface area contributed by atoms with Crippen LogP contribution in [-0.4, -0.2) is 16.9 Å². The van der Waals surface area contributed by atoms with Crippen LogP contribution in [0.1, 0.15) is 18.7 Å². The Kier molecular flexibility index (Phi) is 4.52. The van der Waals surface area contributed by atoms with Crippen molar-refractivity contribution in [3.05, 3.63) is 40.7 Å². The van der Waals surface area contributed by atoms with E-state index in [0.717, 1.165) is 16.4 Å². The highest BCUT2D eigenvalue weighted by Gasteiger charge is 2.05. The van der Waals surface area contributed by atoms with E-state index in [0.29, 0.717) is 12.5 Å². The number of carbonyl (C=O) groups is 1. The maximum atomic E-state index is 11.8. The van der Waals surface area contributed by atoms with Gasteiger partial charge in [0.05, 0.1) is 18.3 Å². The average molecular weight is 275 g/mol. The zero-order chi connectivity index (χ0) is 13.7. The van der Waals surface area contributed by atoms with Gasteiger partial charge in [-0.2, -0.15) is 0 Å². The van der Waals surface area contributed by atoms with Crippen LogP contribution in [0.2, 0.25) is 0 Å².